The van der Waals surface area contributed by atoms with Gasteiger partial charge in [-0.15, -0.1) is 0 Å². The highest BCUT2D eigenvalue weighted by Gasteiger charge is 2.47. The normalized spacial score (nSPS) is 17.2. The van der Waals surface area contributed by atoms with E-state index in [2.05, 4.69) is 5.16 Å². The Balaban J connectivity index is 2.17. The van der Waals surface area contributed by atoms with Crippen LogP contribution in [0.2, 0.25) is 0 Å². The fourth-order valence-corrected chi connectivity index (χ4v) is 2.57. The summed E-state index contributed by atoms with van der Waals surface area (Å²) in [4.78, 5) is 10.9. The molecule has 1 fully saturated rings. The molecule has 0 unspecified atom stereocenters. The van der Waals surface area contributed by atoms with Crippen molar-refractivity contribution in [2.24, 2.45) is 0 Å². The topological polar surface area (TPSA) is 63.3 Å². The zero-order valence-electron chi connectivity index (χ0n) is 9.56. The fourth-order valence-electron chi connectivity index (χ4n) is 2.57. The molecule has 0 radical (unpaired) electrons. The highest BCUT2D eigenvalue weighted by molar-refractivity contribution is 5.85. The number of nitrogens with zero attached hydrogens (tertiary/aromatic N) is 1. The molecule has 17 heavy (non-hydrogen) atoms. The van der Waals surface area contributed by atoms with E-state index >= 15 is 0 Å². The molecule has 0 bridgehead atoms. The Morgan fingerprint density at radius 2 is 2.29 bits per heavy atom. The zero-order valence-corrected chi connectivity index (χ0v) is 9.56. The summed E-state index contributed by atoms with van der Waals surface area (Å²) in [6.45, 7) is 1.90. The van der Waals surface area contributed by atoms with E-state index in [1.54, 1.807) is 0 Å². The van der Waals surface area contributed by atoms with Crippen molar-refractivity contribution in [3.63, 3.8) is 0 Å². The maximum atomic E-state index is 10.9. The monoisotopic (exact) mass is 231 g/mol. The Labute approximate surface area is 98.2 Å². The van der Waals surface area contributed by atoms with Gasteiger partial charge in [-0.25, -0.2) is 0 Å². The van der Waals surface area contributed by atoms with Crippen LogP contribution in [-0.2, 0) is 10.2 Å². The molecule has 3 rings (SSSR count). The predicted octanol–water partition coefficient (Wildman–Crippen LogP) is 2.64. The first kappa shape index (κ1) is 10.3. The standard InChI is InChI=1S/C13H13NO3/c1-8-12-9(3-2-4-10(12)17-14-8)13(5-6-13)7-11(15)16/h2-4H,5-7H2,1H3,(H,15,16). The van der Waals surface area contributed by atoms with E-state index < -0.39 is 5.97 Å². The van der Waals surface area contributed by atoms with Gasteiger partial charge < -0.3 is 9.63 Å². The molecule has 4 heteroatoms. The Hall–Kier alpha value is -1.84. The average molecular weight is 231 g/mol. The molecule has 1 N–H and O–H groups in total. The number of hydrogen-bond donors (Lipinski definition) is 1. The number of carbonyl (C=O) groups is 1. The van der Waals surface area contributed by atoms with Gasteiger partial charge in [0.2, 0.25) is 0 Å². The summed E-state index contributed by atoms with van der Waals surface area (Å²) in [5.74, 6) is -0.742. The Morgan fingerprint density at radius 3 is 2.94 bits per heavy atom. The molecule has 1 heterocycles. The minimum atomic E-state index is -0.742. The lowest BCUT2D eigenvalue weighted by molar-refractivity contribution is -0.137. The highest BCUT2D eigenvalue weighted by Crippen LogP contribution is 2.53. The van der Waals surface area contributed by atoms with Gasteiger partial charge in [-0.1, -0.05) is 17.3 Å². The summed E-state index contributed by atoms with van der Waals surface area (Å²) in [7, 11) is 0. The number of aliphatic carboxylic acids is 1. The molecular formula is C13H13NO3. The molecule has 0 amide bonds. The lowest BCUT2D eigenvalue weighted by Crippen LogP contribution is -2.13. The van der Waals surface area contributed by atoms with Crippen molar-refractivity contribution in [3.05, 3.63) is 29.5 Å². The van der Waals surface area contributed by atoms with Crippen LogP contribution >= 0.6 is 0 Å². The molecule has 1 aromatic heterocycles. The largest absolute Gasteiger partial charge is 0.481 e. The van der Waals surface area contributed by atoms with E-state index in [1.165, 1.54) is 0 Å². The van der Waals surface area contributed by atoms with Crippen molar-refractivity contribution in [2.45, 2.75) is 31.6 Å². The van der Waals surface area contributed by atoms with Crippen molar-refractivity contribution in [1.29, 1.82) is 0 Å². The average Bonchev–Trinajstić information content (AvgIpc) is 2.96. The summed E-state index contributed by atoms with van der Waals surface area (Å²) >= 11 is 0. The lowest BCUT2D eigenvalue weighted by Gasteiger charge is -2.13. The van der Waals surface area contributed by atoms with Crippen LogP contribution in [0.4, 0.5) is 0 Å². The van der Waals surface area contributed by atoms with Crippen LogP contribution in [0.3, 0.4) is 0 Å². The van der Waals surface area contributed by atoms with Gasteiger partial charge in [0.1, 0.15) is 0 Å². The maximum Gasteiger partial charge on any atom is 0.304 e. The zero-order chi connectivity index (χ0) is 12.0. The molecule has 88 valence electrons. The smallest absolute Gasteiger partial charge is 0.304 e. The first-order valence-corrected chi connectivity index (χ1v) is 5.70. The minimum Gasteiger partial charge on any atom is -0.481 e. The number of fused-ring (bicyclic) bond motifs is 1. The van der Waals surface area contributed by atoms with Crippen molar-refractivity contribution < 1.29 is 14.4 Å². The quantitative estimate of drug-likeness (QED) is 0.882. The van der Waals surface area contributed by atoms with E-state index in [9.17, 15) is 4.79 Å². The second-order valence-corrected chi connectivity index (χ2v) is 4.80. The Morgan fingerprint density at radius 1 is 1.53 bits per heavy atom. The maximum absolute atomic E-state index is 10.9. The first-order valence-electron chi connectivity index (χ1n) is 5.70. The van der Waals surface area contributed by atoms with Crippen LogP contribution < -0.4 is 0 Å². The van der Waals surface area contributed by atoms with Crippen molar-refractivity contribution >= 4 is 16.9 Å². The van der Waals surface area contributed by atoms with Gasteiger partial charge in [0, 0.05) is 10.8 Å². The molecule has 0 atom stereocenters. The van der Waals surface area contributed by atoms with Gasteiger partial charge in [0.25, 0.3) is 0 Å². The molecular weight excluding hydrogens is 218 g/mol. The number of aryl methyl sites for hydroxylation is 1. The third kappa shape index (κ3) is 1.52. The number of benzene rings is 1. The summed E-state index contributed by atoms with van der Waals surface area (Å²) in [5.41, 5.74) is 2.47. The van der Waals surface area contributed by atoms with E-state index in [0.29, 0.717) is 0 Å². The SMILES string of the molecule is Cc1noc2cccc(C3(CC(=O)O)CC3)c12. The van der Waals surface area contributed by atoms with Crippen LogP contribution in [0, 0.1) is 6.92 Å². The molecule has 0 saturated heterocycles. The van der Waals surface area contributed by atoms with Crippen molar-refractivity contribution in [2.75, 3.05) is 0 Å². The van der Waals surface area contributed by atoms with Crippen LogP contribution in [0.1, 0.15) is 30.5 Å². The second-order valence-electron chi connectivity index (χ2n) is 4.80. The number of aromatic nitrogens is 1. The van der Waals surface area contributed by atoms with E-state index in [0.717, 1.165) is 35.1 Å². The van der Waals surface area contributed by atoms with Crippen LogP contribution in [0.5, 0.6) is 0 Å². The van der Waals surface area contributed by atoms with Crippen molar-refractivity contribution in [1.82, 2.24) is 5.16 Å². The predicted molar refractivity (Wildman–Crippen MR) is 61.9 cm³/mol. The van der Waals surface area contributed by atoms with E-state index in [-0.39, 0.29) is 11.8 Å². The molecule has 2 aromatic rings. The van der Waals surface area contributed by atoms with Crippen LogP contribution in [0.25, 0.3) is 11.0 Å². The van der Waals surface area contributed by atoms with Crippen LogP contribution in [-0.4, -0.2) is 16.2 Å². The Bertz CT molecular complexity index is 596. The van der Waals surface area contributed by atoms with Crippen molar-refractivity contribution in [3.8, 4) is 0 Å². The molecule has 0 spiro atoms. The molecule has 1 aliphatic rings. The summed E-state index contributed by atoms with van der Waals surface area (Å²) in [5, 5.41) is 13.9. The number of carboxylic acids is 1. The third-order valence-electron chi connectivity index (χ3n) is 3.58. The molecule has 0 aliphatic heterocycles. The molecule has 1 aliphatic carbocycles. The van der Waals surface area contributed by atoms with Crippen LogP contribution in [0.15, 0.2) is 22.7 Å². The summed E-state index contributed by atoms with van der Waals surface area (Å²) in [6.07, 6.45) is 2.06. The molecule has 1 saturated carbocycles. The lowest BCUT2D eigenvalue weighted by atomic mass is 9.89. The fraction of sp³-hybridized carbons (Fsp3) is 0.385. The first-order chi connectivity index (χ1) is 8.12. The molecule has 4 nitrogen and oxygen atoms in total. The van der Waals surface area contributed by atoms with Gasteiger partial charge in [0.05, 0.1) is 12.1 Å². The highest BCUT2D eigenvalue weighted by atomic mass is 16.5. The molecule has 1 aromatic carbocycles. The third-order valence-corrected chi connectivity index (χ3v) is 3.58. The van der Waals surface area contributed by atoms with Gasteiger partial charge in [-0.05, 0) is 31.4 Å². The Kier molecular flexibility index (Phi) is 2.02. The van der Waals surface area contributed by atoms with Gasteiger partial charge in [-0.3, -0.25) is 4.79 Å². The summed E-state index contributed by atoms with van der Waals surface area (Å²) < 4.78 is 5.22. The number of rotatable bonds is 3. The summed E-state index contributed by atoms with van der Waals surface area (Å²) in [6, 6.07) is 5.78. The number of carboxylic acid groups (broad SMARTS) is 1. The minimum absolute atomic E-state index is 0.191. The van der Waals surface area contributed by atoms with E-state index in [1.807, 2.05) is 25.1 Å². The van der Waals surface area contributed by atoms with Gasteiger partial charge in [-0.2, -0.15) is 0 Å². The second kappa shape index (κ2) is 3.32. The van der Waals surface area contributed by atoms with Gasteiger partial charge in [0.15, 0.2) is 5.58 Å². The van der Waals surface area contributed by atoms with E-state index in [4.69, 9.17) is 9.63 Å². The number of hydrogen-bond acceptors (Lipinski definition) is 3. The van der Waals surface area contributed by atoms with Gasteiger partial charge >= 0.3 is 5.97 Å².